The summed E-state index contributed by atoms with van der Waals surface area (Å²) < 4.78 is 0. The summed E-state index contributed by atoms with van der Waals surface area (Å²) >= 11 is 1.72. The van der Waals surface area contributed by atoms with Gasteiger partial charge in [-0.05, 0) is 43.2 Å². The van der Waals surface area contributed by atoms with E-state index in [9.17, 15) is 4.79 Å². The maximum absolute atomic E-state index is 12.0. The first-order valence-electron chi connectivity index (χ1n) is 7.13. The molecule has 4 heteroatoms. The molecule has 0 aliphatic carbocycles. The number of carbonyl (C=O) groups is 1. The number of aryl methyl sites for hydroxylation is 1. The number of rotatable bonds is 8. The van der Waals surface area contributed by atoms with Crippen molar-refractivity contribution in [3.05, 3.63) is 21.9 Å². The molecule has 108 valence electrons. The molecule has 1 aromatic rings. The fourth-order valence-corrected chi connectivity index (χ4v) is 2.97. The molecule has 0 aliphatic rings. The fourth-order valence-electron chi connectivity index (χ4n) is 2.06. The second-order valence-electron chi connectivity index (χ2n) is 5.25. The van der Waals surface area contributed by atoms with Crippen LogP contribution in [-0.4, -0.2) is 11.9 Å². The van der Waals surface area contributed by atoms with Gasteiger partial charge in [0.05, 0.1) is 6.54 Å². The number of carbonyl (C=O) groups excluding carboxylic acids is 1. The molecular weight excluding hydrogens is 256 g/mol. The molecule has 0 spiro atoms. The standard InChI is InChI=1S/C15H26N2OS/c1-4-13-8-9-19-14(13)10-17-15(18)11(2)6-5-7-12(3)16/h8-9,11-12H,4-7,10,16H2,1-3H3,(H,17,18). The Morgan fingerprint density at radius 3 is 2.79 bits per heavy atom. The Kier molecular flexibility index (Phi) is 7.10. The summed E-state index contributed by atoms with van der Waals surface area (Å²) in [5.41, 5.74) is 7.05. The number of amides is 1. The first kappa shape index (κ1) is 16.2. The highest BCUT2D eigenvalue weighted by atomic mass is 32.1. The minimum Gasteiger partial charge on any atom is -0.351 e. The molecular formula is C15H26N2OS. The molecule has 19 heavy (non-hydrogen) atoms. The molecule has 2 atom stereocenters. The Morgan fingerprint density at radius 1 is 1.42 bits per heavy atom. The summed E-state index contributed by atoms with van der Waals surface area (Å²) in [6.45, 7) is 6.81. The van der Waals surface area contributed by atoms with Crippen LogP contribution in [0.4, 0.5) is 0 Å². The quantitative estimate of drug-likeness (QED) is 0.770. The van der Waals surface area contributed by atoms with E-state index in [4.69, 9.17) is 5.73 Å². The lowest BCUT2D eigenvalue weighted by atomic mass is 10.0. The number of hydrogen-bond acceptors (Lipinski definition) is 3. The van der Waals surface area contributed by atoms with Crippen LogP contribution in [0.2, 0.25) is 0 Å². The molecule has 1 rings (SSSR count). The van der Waals surface area contributed by atoms with E-state index in [0.717, 1.165) is 25.7 Å². The van der Waals surface area contributed by atoms with Crippen molar-refractivity contribution >= 4 is 17.2 Å². The molecule has 1 aromatic heterocycles. The minimum absolute atomic E-state index is 0.0730. The van der Waals surface area contributed by atoms with E-state index in [2.05, 4.69) is 23.7 Å². The third kappa shape index (κ3) is 5.74. The maximum Gasteiger partial charge on any atom is 0.223 e. The highest BCUT2D eigenvalue weighted by Crippen LogP contribution is 2.17. The average molecular weight is 282 g/mol. The second-order valence-corrected chi connectivity index (χ2v) is 6.25. The number of nitrogens with one attached hydrogen (secondary N) is 1. The molecule has 0 saturated heterocycles. The Bertz CT molecular complexity index is 387. The van der Waals surface area contributed by atoms with Crippen LogP contribution >= 0.6 is 11.3 Å². The van der Waals surface area contributed by atoms with Gasteiger partial charge in [0, 0.05) is 16.8 Å². The number of thiophene rings is 1. The van der Waals surface area contributed by atoms with Gasteiger partial charge >= 0.3 is 0 Å². The summed E-state index contributed by atoms with van der Waals surface area (Å²) in [6.07, 6.45) is 3.95. The van der Waals surface area contributed by atoms with Crippen molar-refractivity contribution in [2.75, 3.05) is 0 Å². The van der Waals surface area contributed by atoms with E-state index in [1.165, 1.54) is 10.4 Å². The molecule has 0 bridgehead atoms. The van der Waals surface area contributed by atoms with Crippen molar-refractivity contribution in [1.29, 1.82) is 0 Å². The van der Waals surface area contributed by atoms with Gasteiger partial charge in [-0.15, -0.1) is 11.3 Å². The predicted octanol–water partition coefficient (Wildman–Crippen LogP) is 3.08. The van der Waals surface area contributed by atoms with Crippen molar-refractivity contribution in [3.8, 4) is 0 Å². The molecule has 3 N–H and O–H groups in total. The van der Waals surface area contributed by atoms with Crippen molar-refractivity contribution in [2.45, 2.75) is 59.0 Å². The first-order valence-corrected chi connectivity index (χ1v) is 8.01. The molecule has 3 nitrogen and oxygen atoms in total. The van der Waals surface area contributed by atoms with Crippen LogP contribution in [0.3, 0.4) is 0 Å². The Labute approximate surface area is 120 Å². The minimum atomic E-state index is 0.0730. The smallest absolute Gasteiger partial charge is 0.223 e. The van der Waals surface area contributed by atoms with E-state index in [1.807, 2.05) is 13.8 Å². The third-order valence-electron chi connectivity index (χ3n) is 3.39. The second kappa shape index (κ2) is 8.33. The maximum atomic E-state index is 12.0. The zero-order valence-corrected chi connectivity index (χ0v) is 13.1. The topological polar surface area (TPSA) is 55.1 Å². The highest BCUT2D eigenvalue weighted by Gasteiger charge is 2.13. The van der Waals surface area contributed by atoms with E-state index < -0.39 is 0 Å². The van der Waals surface area contributed by atoms with Crippen LogP contribution in [0.15, 0.2) is 11.4 Å². The summed E-state index contributed by atoms with van der Waals surface area (Å²) in [5.74, 6) is 0.226. The molecule has 0 saturated carbocycles. The van der Waals surface area contributed by atoms with Crippen LogP contribution in [0.1, 0.15) is 50.5 Å². The van der Waals surface area contributed by atoms with Gasteiger partial charge in [-0.25, -0.2) is 0 Å². The lowest BCUT2D eigenvalue weighted by molar-refractivity contribution is -0.124. The van der Waals surface area contributed by atoms with Crippen LogP contribution in [-0.2, 0) is 17.8 Å². The first-order chi connectivity index (χ1) is 9.04. The van der Waals surface area contributed by atoms with E-state index >= 15 is 0 Å². The zero-order valence-electron chi connectivity index (χ0n) is 12.2. The van der Waals surface area contributed by atoms with Gasteiger partial charge in [0.25, 0.3) is 0 Å². The van der Waals surface area contributed by atoms with Gasteiger partial charge in [-0.3, -0.25) is 4.79 Å². The Morgan fingerprint density at radius 2 is 2.16 bits per heavy atom. The molecule has 0 aliphatic heterocycles. The number of hydrogen-bond donors (Lipinski definition) is 2. The van der Waals surface area contributed by atoms with Gasteiger partial charge in [0.15, 0.2) is 0 Å². The number of nitrogens with two attached hydrogens (primary N) is 1. The highest BCUT2D eigenvalue weighted by molar-refractivity contribution is 7.10. The Hall–Kier alpha value is -0.870. The van der Waals surface area contributed by atoms with Crippen LogP contribution in [0.25, 0.3) is 0 Å². The zero-order chi connectivity index (χ0) is 14.3. The monoisotopic (exact) mass is 282 g/mol. The van der Waals surface area contributed by atoms with Gasteiger partial charge in [0.1, 0.15) is 0 Å². The summed E-state index contributed by atoms with van der Waals surface area (Å²) in [7, 11) is 0. The largest absolute Gasteiger partial charge is 0.351 e. The van der Waals surface area contributed by atoms with Crippen molar-refractivity contribution in [2.24, 2.45) is 11.7 Å². The normalized spacial score (nSPS) is 14.1. The summed E-state index contributed by atoms with van der Waals surface area (Å²) in [4.78, 5) is 13.3. The van der Waals surface area contributed by atoms with Crippen LogP contribution < -0.4 is 11.1 Å². The average Bonchev–Trinajstić information content (AvgIpc) is 2.82. The molecule has 0 radical (unpaired) electrons. The van der Waals surface area contributed by atoms with Crippen molar-refractivity contribution in [3.63, 3.8) is 0 Å². The Balaban J connectivity index is 2.30. The van der Waals surface area contributed by atoms with Gasteiger partial charge in [0.2, 0.25) is 5.91 Å². The molecule has 0 fully saturated rings. The third-order valence-corrected chi connectivity index (χ3v) is 4.35. The molecule has 1 heterocycles. The lowest BCUT2D eigenvalue weighted by Crippen LogP contribution is -2.29. The van der Waals surface area contributed by atoms with Gasteiger partial charge in [-0.2, -0.15) is 0 Å². The van der Waals surface area contributed by atoms with Crippen LogP contribution in [0, 0.1) is 5.92 Å². The van der Waals surface area contributed by atoms with Gasteiger partial charge in [-0.1, -0.05) is 20.3 Å². The van der Waals surface area contributed by atoms with Crippen molar-refractivity contribution in [1.82, 2.24) is 5.32 Å². The molecule has 2 unspecified atom stereocenters. The molecule has 0 aromatic carbocycles. The van der Waals surface area contributed by atoms with E-state index in [1.54, 1.807) is 11.3 Å². The van der Waals surface area contributed by atoms with E-state index in [-0.39, 0.29) is 17.9 Å². The van der Waals surface area contributed by atoms with Gasteiger partial charge < -0.3 is 11.1 Å². The fraction of sp³-hybridized carbons (Fsp3) is 0.667. The predicted molar refractivity (Wildman–Crippen MR) is 82.2 cm³/mol. The van der Waals surface area contributed by atoms with Crippen molar-refractivity contribution < 1.29 is 4.79 Å². The summed E-state index contributed by atoms with van der Waals surface area (Å²) in [6, 6.07) is 2.37. The SMILES string of the molecule is CCc1ccsc1CNC(=O)C(C)CCCC(C)N. The molecule has 1 amide bonds. The van der Waals surface area contributed by atoms with E-state index in [0.29, 0.717) is 6.54 Å². The summed E-state index contributed by atoms with van der Waals surface area (Å²) in [5, 5.41) is 5.13. The van der Waals surface area contributed by atoms with Crippen LogP contribution in [0.5, 0.6) is 0 Å². The lowest BCUT2D eigenvalue weighted by Gasteiger charge is -2.13.